The number of nitrogens with one attached hydrogen (secondary N) is 1. The van der Waals surface area contributed by atoms with Crippen molar-refractivity contribution in [2.75, 3.05) is 26.2 Å². The van der Waals surface area contributed by atoms with Crippen molar-refractivity contribution < 1.29 is 14.3 Å². The Morgan fingerprint density at radius 2 is 2.38 bits per heavy atom. The summed E-state index contributed by atoms with van der Waals surface area (Å²) in [6, 6.07) is 0.0625. The summed E-state index contributed by atoms with van der Waals surface area (Å²) in [6.45, 7) is 6.02. The third-order valence-electron chi connectivity index (χ3n) is 3.58. The fraction of sp³-hybridized carbons (Fsp3) is 0.643. The first-order valence-electron chi connectivity index (χ1n) is 7.25. The second-order valence-electron chi connectivity index (χ2n) is 5.24. The molecule has 7 nitrogen and oxygen atoms in total. The molecule has 0 spiro atoms. The molecular formula is C14H22N4O3. The van der Waals surface area contributed by atoms with Crippen LogP contribution in [-0.2, 0) is 9.53 Å². The highest BCUT2D eigenvalue weighted by Crippen LogP contribution is 2.12. The molecule has 1 aliphatic heterocycles. The molecule has 0 aliphatic carbocycles. The second-order valence-corrected chi connectivity index (χ2v) is 5.24. The summed E-state index contributed by atoms with van der Waals surface area (Å²) in [5.74, 6) is 0.868. The van der Waals surface area contributed by atoms with Crippen molar-refractivity contribution >= 4 is 12.0 Å². The third kappa shape index (κ3) is 4.21. The number of carbonyl (C=O) groups excluding carboxylic acids is 2. The van der Waals surface area contributed by atoms with Gasteiger partial charge in [-0.25, -0.2) is 9.78 Å². The quantitative estimate of drug-likeness (QED) is 0.852. The van der Waals surface area contributed by atoms with E-state index in [2.05, 4.69) is 10.3 Å². The minimum atomic E-state index is -0.294. The fourth-order valence-electron chi connectivity index (χ4n) is 2.42. The van der Waals surface area contributed by atoms with Crippen LogP contribution in [0.4, 0.5) is 4.79 Å². The van der Waals surface area contributed by atoms with E-state index in [4.69, 9.17) is 4.74 Å². The van der Waals surface area contributed by atoms with Crippen LogP contribution in [-0.4, -0.2) is 52.7 Å². The van der Waals surface area contributed by atoms with Crippen LogP contribution < -0.4 is 5.32 Å². The number of aryl methyl sites for hydroxylation is 1. The number of aromatic nitrogens is 2. The second kappa shape index (κ2) is 7.10. The van der Waals surface area contributed by atoms with Gasteiger partial charge in [-0.3, -0.25) is 4.79 Å². The molecule has 0 bridgehead atoms. The Bertz CT molecular complexity index is 500. The smallest absolute Gasteiger partial charge is 0.409 e. The lowest BCUT2D eigenvalue weighted by Gasteiger charge is -2.26. The molecule has 1 aromatic heterocycles. The number of cyclic esters (lactones) is 1. The topological polar surface area (TPSA) is 76.5 Å². The molecular weight excluding hydrogens is 272 g/mol. The third-order valence-corrected chi connectivity index (χ3v) is 3.58. The highest BCUT2D eigenvalue weighted by atomic mass is 16.6. The predicted molar refractivity (Wildman–Crippen MR) is 76.8 cm³/mol. The Morgan fingerprint density at radius 1 is 1.57 bits per heavy atom. The highest BCUT2D eigenvalue weighted by Gasteiger charge is 2.19. The van der Waals surface area contributed by atoms with Gasteiger partial charge in [0.2, 0.25) is 5.91 Å². The summed E-state index contributed by atoms with van der Waals surface area (Å²) >= 11 is 0. The SMILES string of the molecule is Cc1nccn1[C@H](C)CC(=O)NCCN1CCCOC1=O. The van der Waals surface area contributed by atoms with Crippen LogP contribution in [0.3, 0.4) is 0 Å². The first-order valence-corrected chi connectivity index (χ1v) is 7.25. The summed E-state index contributed by atoms with van der Waals surface area (Å²) in [7, 11) is 0. The maximum Gasteiger partial charge on any atom is 0.409 e. The van der Waals surface area contributed by atoms with Gasteiger partial charge in [-0.1, -0.05) is 0 Å². The molecule has 0 aromatic carbocycles. The molecule has 1 N–H and O–H groups in total. The zero-order chi connectivity index (χ0) is 15.2. The molecule has 7 heteroatoms. The van der Waals surface area contributed by atoms with Gasteiger partial charge in [0.1, 0.15) is 5.82 Å². The molecule has 1 saturated heterocycles. The number of nitrogens with zero attached hydrogens (tertiary/aromatic N) is 3. The van der Waals surface area contributed by atoms with Gasteiger partial charge < -0.3 is 19.5 Å². The maximum absolute atomic E-state index is 11.9. The maximum atomic E-state index is 11.9. The lowest BCUT2D eigenvalue weighted by Crippen LogP contribution is -2.42. The van der Waals surface area contributed by atoms with Crippen molar-refractivity contribution in [3.8, 4) is 0 Å². The molecule has 0 saturated carbocycles. The molecule has 1 fully saturated rings. The standard InChI is InChI=1S/C14H22N4O3/c1-11(18-8-5-15-12(18)2)10-13(19)16-4-7-17-6-3-9-21-14(17)20/h5,8,11H,3-4,6-7,9-10H2,1-2H3,(H,16,19)/t11-/m1/s1. The molecule has 0 radical (unpaired) electrons. The average Bonchev–Trinajstić information content (AvgIpc) is 2.87. The summed E-state index contributed by atoms with van der Waals surface area (Å²) < 4.78 is 6.91. The van der Waals surface area contributed by atoms with Crippen molar-refractivity contribution in [1.82, 2.24) is 19.8 Å². The lowest BCUT2D eigenvalue weighted by atomic mass is 10.2. The van der Waals surface area contributed by atoms with Crippen LogP contribution in [0.1, 0.15) is 31.6 Å². The molecule has 1 atom stereocenters. The van der Waals surface area contributed by atoms with Crippen LogP contribution >= 0.6 is 0 Å². The number of carbonyl (C=O) groups is 2. The van der Waals surface area contributed by atoms with Crippen molar-refractivity contribution in [3.05, 3.63) is 18.2 Å². The molecule has 21 heavy (non-hydrogen) atoms. The van der Waals surface area contributed by atoms with Crippen molar-refractivity contribution in [1.29, 1.82) is 0 Å². The number of imidazole rings is 1. The molecule has 1 aromatic rings. The largest absolute Gasteiger partial charge is 0.449 e. The van der Waals surface area contributed by atoms with Crippen LogP contribution in [0.2, 0.25) is 0 Å². The first-order chi connectivity index (χ1) is 10.1. The highest BCUT2D eigenvalue weighted by molar-refractivity contribution is 5.76. The Labute approximate surface area is 124 Å². The number of hydrogen-bond acceptors (Lipinski definition) is 4. The van der Waals surface area contributed by atoms with E-state index >= 15 is 0 Å². The fourth-order valence-corrected chi connectivity index (χ4v) is 2.42. The van der Waals surface area contributed by atoms with E-state index in [1.54, 1.807) is 11.1 Å². The van der Waals surface area contributed by atoms with Crippen molar-refractivity contribution in [2.24, 2.45) is 0 Å². The summed E-state index contributed by atoms with van der Waals surface area (Å²) in [4.78, 5) is 29.1. The molecule has 0 unspecified atom stereocenters. The van der Waals surface area contributed by atoms with E-state index in [9.17, 15) is 9.59 Å². The predicted octanol–water partition coefficient (Wildman–Crippen LogP) is 1.10. The Morgan fingerprint density at radius 3 is 3.05 bits per heavy atom. The van der Waals surface area contributed by atoms with Gasteiger partial charge in [-0.15, -0.1) is 0 Å². The van der Waals surface area contributed by atoms with Crippen molar-refractivity contribution in [2.45, 2.75) is 32.7 Å². The van der Waals surface area contributed by atoms with Gasteiger partial charge in [0, 0.05) is 44.5 Å². The lowest BCUT2D eigenvalue weighted by molar-refractivity contribution is -0.121. The van der Waals surface area contributed by atoms with Gasteiger partial charge in [0.15, 0.2) is 0 Å². The van der Waals surface area contributed by atoms with Gasteiger partial charge in [-0.2, -0.15) is 0 Å². The van der Waals surface area contributed by atoms with Crippen molar-refractivity contribution in [3.63, 3.8) is 0 Å². The monoisotopic (exact) mass is 294 g/mol. The molecule has 2 rings (SSSR count). The minimum absolute atomic E-state index is 0.0269. The van der Waals surface area contributed by atoms with E-state index < -0.39 is 0 Å². The zero-order valence-corrected chi connectivity index (χ0v) is 12.5. The summed E-state index contributed by atoms with van der Waals surface area (Å²) in [5, 5.41) is 2.84. The minimum Gasteiger partial charge on any atom is -0.449 e. The van der Waals surface area contributed by atoms with E-state index in [-0.39, 0.29) is 18.0 Å². The van der Waals surface area contributed by atoms with E-state index in [1.807, 2.05) is 24.6 Å². The first kappa shape index (κ1) is 15.3. The zero-order valence-electron chi connectivity index (χ0n) is 12.5. The van der Waals surface area contributed by atoms with Gasteiger partial charge in [0.05, 0.1) is 6.61 Å². The molecule has 2 heterocycles. The Hall–Kier alpha value is -2.05. The summed E-state index contributed by atoms with van der Waals surface area (Å²) in [5.41, 5.74) is 0. The van der Waals surface area contributed by atoms with Gasteiger partial charge in [0.25, 0.3) is 0 Å². The number of hydrogen-bond donors (Lipinski definition) is 1. The Kier molecular flexibility index (Phi) is 5.19. The average molecular weight is 294 g/mol. The molecule has 116 valence electrons. The van der Waals surface area contributed by atoms with E-state index in [0.717, 1.165) is 12.2 Å². The van der Waals surface area contributed by atoms with Gasteiger partial charge >= 0.3 is 6.09 Å². The van der Waals surface area contributed by atoms with Crippen LogP contribution in [0.25, 0.3) is 0 Å². The number of rotatable bonds is 6. The number of amides is 2. The number of ether oxygens (including phenoxy) is 1. The molecule has 2 amide bonds. The normalized spacial score (nSPS) is 16.5. The van der Waals surface area contributed by atoms with Gasteiger partial charge in [-0.05, 0) is 20.3 Å². The van der Waals surface area contributed by atoms with Crippen LogP contribution in [0.15, 0.2) is 12.4 Å². The molecule has 1 aliphatic rings. The Balaban J connectivity index is 1.70. The summed E-state index contributed by atoms with van der Waals surface area (Å²) in [6.07, 6.45) is 4.54. The van der Waals surface area contributed by atoms with E-state index in [0.29, 0.717) is 32.7 Å². The van der Waals surface area contributed by atoms with E-state index in [1.165, 1.54) is 0 Å². The van der Waals surface area contributed by atoms with Crippen LogP contribution in [0, 0.1) is 6.92 Å². The van der Waals surface area contributed by atoms with Crippen LogP contribution in [0.5, 0.6) is 0 Å².